The van der Waals surface area contributed by atoms with Gasteiger partial charge in [0.05, 0.1) is 11.9 Å². The lowest BCUT2D eigenvalue weighted by Crippen LogP contribution is -2.22. The number of hydrogen-bond acceptors (Lipinski definition) is 6. The van der Waals surface area contributed by atoms with Crippen molar-refractivity contribution in [2.75, 3.05) is 39.2 Å². The number of imidazole rings is 1. The lowest BCUT2D eigenvalue weighted by molar-refractivity contribution is 0.0699. The van der Waals surface area contributed by atoms with Gasteiger partial charge in [-0.2, -0.15) is 0 Å². The molecule has 1 N–H and O–H groups in total. The van der Waals surface area contributed by atoms with Gasteiger partial charge in [0, 0.05) is 45.0 Å². The van der Waals surface area contributed by atoms with Crippen LogP contribution in [0.1, 0.15) is 23.2 Å². The summed E-state index contributed by atoms with van der Waals surface area (Å²) in [5.41, 5.74) is 2.39. The minimum absolute atomic E-state index is 0.0180. The maximum atomic E-state index is 12.2. The van der Waals surface area contributed by atoms with E-state index in [2.05, 4.69) is 15.4 Å². The van der Waals surface area contributed by atoms with Crippen molar-refractivity contribution in [2.45, 2.75) is 12.8 Å². The van der Waals surface area contributed by atoms with Crippen LogP contribution in [0.25, 0.3) is 16.2 Å². The molecule has 2 aromatic heterocycles. The Hall–Kier alpha value is -2.45. The number of amides is 1. The molecule has 8 heteroatoms. The predicted octanol–water partition coefficient (Wildman–Crippen LogP) is 3.00. The summed E-state index contributed by atoms with van der Waals surface area (Å²) in [6.45, 7) is 2.63. The minimum atomic E-state index is -0.0180. The van der Waals surface area contributed by atoms with Gasteiger partial charge in [0.15, 0.2) is 0 Å². The topological polar surface area (TPSA) is 71.8 Å². The molecule has 4 rings (SSSR count). The first-order chi connectivity index (χ1) is 13.1. The molecular formula is C19H23N5O2S. The van der Waals surface area contributed by atoms with Gasteiger partial charge >= 0.3 is 0 Å². The molecule has 0 unspecified atom stereocenters. The number of nitrogens with one attached hydrogen (secondary N) is 1. The second-order valence-corrected chi connectivity index (χ2v) is 7.93. The smallest absolute Gasteiger partial charge is 0.253 e. The highest BCUT2D eigenvalue weighted by Crippen LogP contribution is 2.26. The molecule has 27 heavy (non-hydrogen) atoms. The Morgan fingerprint density at radius 1 is 1.37 bits per heavy atom. The maximum absolute atomic E-state index is 12.2. The Labute approximate surface area is 162 Å². The largest absolute Gasteiger partial charge is 0.381 e. The van der Waals surface area contributed by atoms with Crippen LogP contribution < -0.4 is 5.32 Å². The fourth-order valence-electron chi connectivity index (χ4n) is 3.16. The van der Waals surface area contributed by atoms with E-state index in [1.165, 1.54) is 11.3 Å². The molecule has 1 saturated heterocycles. The molecular weight excluding hydrogens is 362 g/mol. The first kappa shape index (κ1) is 17.9. The molecule has 1 aliphatic heterocycles. The monoisotopic (exact) mass is 385 g/mol. The van der Waals surface area contributed by atoms with Gasteiger partial charge in [0.2, 0.25) is 10.1 Å². The molecule has 3 aromatic rings. The van der Waals surface area contributed by atoms with E-state index < -0.39 is 0 Å². The molecule has 0 radical (unpaired) electrons. The van der Waals surface area contributed by atoms with Crippen LogP contribution in [0.15, 0.2) is 30.5 Å². The van der Waals surface area contributed by atoms with Gasteiger partial charge in [-0.15, -0.1) is 5.10 Å². The summed E-state index contributed by atoms with van der Waals surface area (Å²) in [5.74, 6) is 0.623. The molecule has 142 valence electrons. The standard InChI is InChI=1S/C19H23N5O2S/c1-23(2)17(25)15-5-3-4-14(10-15)16-12-24-19(21-16)27-18(22-24)20-11-13-6-8-26-9-7-13/h3-5,10,12-13H,6-9,11H2,1-2H3,(H,20,22). The number of carbonyl (C=O) groups is 1. The van der Waals surface area contributed by atoms with Crippen molar-refractivity contribution < 1.29 is 9.53 Å². The predicted molar refractivity (Wildman–Crippen MR) is 106 cm³/mol. The Kier molecular flexibility index (Phi) is 5.09. The Balaban J connectivity index is 1.49. The van der Waals surface area contributed by atoms with E-state index in [1.807, 2.05) is 30.5 Å². The molecule has 1 fully saturated rings. The Morgan fingerprint density at radius 2 is 2.19 bits per heavy atom. The number of ether oxygens (including phenoxy) is 1. The summed E-state index contributed by atoms with van der Waals surface area (Å²) in [4.78, 5) is 19.3. The Morgan fingerprint density at radius 3 is 2.93 bits per heavy atom. The second-order valence-electron chi connectivity index (χ2n) is 6.98. The highest BCUT2D eigenvalue weighted by molar-refractivity contribution is 7.20. The molecule has 1 aromatic carbocycles. The van der Waals surface area contributed by atoms with Crippen LogP contribution in [0, 0.1) is 5.92 Å². The fraction of sp³-hybridized carbons (Fsp3) is 0.421. The number of benzene rings is 1. The first-order valence-electron chi connectivity index (χ1n) is 9.10. The van der Waals surface area contributed by atoms with Crippen molar-refractivity contribution in [2.24, 2.45) is 5.92 Å². The number of anilines is 1. The van der Waals surface area contributed by atoms with E-state index in [4.69, 9.17) is 4.74 Å². The normalized spacial score (nSPS) is 15.2. The number of nitrogens with zero attached hydrogens (tertiary/aromatic N) is 4. The van der Waals surface area contributed by atoms with Crippen molar-refractivity contribution in [3.8, 4) is 11.3 Å². The molecule has 7 nitrogen and oxygen atoms in total. The van der Waals surface area contributed by atoms with Gasteiger partial charge in [0.25, 0.3) is 5.91 Å². The average molecular weight is 385 g/mol. The van der Waals surface area contributed by atoms with Gasteiger partial charge in [-0.25, -0.2) is 9.50 Å². The quantitative estimate of drug-likeness (QED) is 0.731. The van der Waals surface area contributed by atoms with Crippen molar-refractivity contribution in [1.82, 2.24) is 19.5 Å². The zero-order chi connectivity index (χ0) is 18.8. The number of carbonyl (C=O) groups excluding carboxylic acids is 1. The van der Waals surface area contributed by atoms with E-state index in [1.54, 1.807) is 23.5 Å². The van der Waals surface area contributed by atoms with E-state index in [0.717, 1.165) is 53.9 Å². The van der Waals surface area contributed by atoms with Crippen LogP contribution in [0.4, 0.5) is 5.13 Å². The third kappa shape index (κ3) is 3.96. The third-order valence-electron chi connectivity index (χ3n) is 4.74. The van der Waals surface area contributed by atoms with Crippen LogP contribution in [0.3, 0.4) is 0 Å². The highest BCUT2D eigenvalue weighted by Gasteiger charge is 2.16. The summed E-state index contributed by atoms with van der Waals surface area (Å²) in [5, 5.41) is 8.89. The maximum Gasteiger partial charge on any atom is 0.253 e. The van der Waals surface area contributed by atoms with Crippen LogP contribution in [-0.2, 0) is 4.74 Å². The van der Waals surface area contributed by atoms with E-state index in [0.29, 0.717) is 11.5 Å². The van der Waals surface area contributed by atoms with Gasteiger partial charge in [-0.05, 0) is 30.9 Å². The van der Waals surface area contributed by atoms with Gasteiger partial charge in [0.1, 0.15) is 0 Å². The lowest BCUT2D eigenvalue weighted by atomic mass is 10.0. The first-order valence-corrected chi connectivity index (χ1v) is 9.92. The van der Waals surface area contributed by atoms with Gasteiger partial charge < -0.3 is 15.0 Å². The summed E-state index contributed by atoms with van der Waals surface area (Å²) < 4.78 is 7.20. The summed E-state index contributed by atoms with van der Waals surface area (Å²) in [6.07, 6.45) is 4.11. The molecule has 0 atom stereocenters. The number of fused-ring (bicyclic) bond motifs is 1. The molecule has 0 bridgehead atoms. The zero-order valence-electron chi connectivity index (χ0n) is 15.5. The third-order valence-corrected chi connectivity index (χ3v) is 5.62. The van der Waals surface area contributed by atoms with Crippen LogP contribution in [0.2, 0.25) is 0 Å². The SMILES string of the molecule is CN(C)C(=O)c1cccc(-c2cn3nc(NCC4CCOCC4)sc3n2)c1. The van der Waals surface area contributed by atoms with Crippen molar-refractivity contribution in [3.63, 3.8) is 0 Å². The van der Waals surface area contributed by atoms with Crippen LogP contribution >= 0.6 is 11.3 Å². The molecule has 1 aliphatic rings. The molecule has 0 spiro atoms. The van der Waals surface area contributed by atoms with Gasteiger partial charge in [-0.1, -0.05) is 23.5 Å². The summed E-state index contributed by atoms with van der Waals surface area (Å²) in [6, 6.07) is 7.54. The summed E-state index contributed by atoms with van der Waals surface area (Å²) in [7, 11) is 3.50. The Bertz CT molecular complexity index is 911. The summed E-state index contributed by atoms with van der Waals surface area (Å²) >= 11 is 1.54. The average Bonchev–Trinajstić information content (AvgIpc) is 3.25. The van der Waals surface area contributed by atoms with E-state index in [-0.39, 0.29) is 5.91 Å². The van der Waals surface area contributed by atoms with Crippen LogP contribution in [0.5, 0.6) is 0 Å². The second kappa shape index (κ2) is 7.66. The molecule has 3 heterocycles. The van der Waals surface area contributed by atoms with Crippen molar-refractivity contribution in [1.29, 1.82) is 0 Å². The lowest BCUT2D eigenvalue weighted by Gasteiger charge is -2.21. The number of hydrogen-bond donors (Lipinski definition) is 1. The number of rotatable bonds is 5. The minimum Gasteiger partial charge on any atom is -0.381 e. The molecule has 0 aliphatic carbocycles. The van der Waals surface area contributed by atoms with Crippen molar-refractivity contribution in [3.05, 3.63) is 36.0 Å². The fourth-order valence-corrected chi connectivity index (χ4v) is 3.95. The van der Waals surface area contributed by atoms with Gasteiger partial charge in [-0.3, -0.25) is 4.79 Å². The van der Waals surface area contributed by atoms with Crippen molar-refractivity contribution >= 4 is 27.3 Å². The highest BCUT2D eigenvalue weighted by atomic mass is 32.1. The van der Waals surface area contributed by atoms with Crippen LogP contribution in [-0.4, -0.2) is 59.3 Å². The molecule has 0 saturated carbocycles. The zero-order valence-corrected chi connectivity index (χ0v) is 16.3. The van der Waals surface area contributed by atoms with E-state index >= 15 is 0 Å². The molecule has 1 amide bonds. The number of aromatic nitrogens is 3. The van der Waals surface area contributed by atoms with E-state index in [9.17, 15) is 4.79 Å².